The largest absolute Gasteiger partial charge is 0.434 e. The molecule has 0 bridgehead atoms. The molecule has 0 saturated carbocycles. The first kappa shape index (κ1) is 16.9. The van der Waals surface area contributed by atoms with E-state index in [9.17, 15) is 4.79 Å². The number of oxazole rings is 1. The molecular weight excluding hydrogens is 342 g/mol. The molecule has 3 heterocycles. The third-order valence-electron chi connectivity index (χ3n) is 3.98. The number of pyridine rings is 2. The number of hydrogen-bond donors (Lipinski definition) is 0. The molecule has 0 N–H and O–H groups in total. The van der Waals surface area contributed by atoms with Gasteiger partial charge in [-0.2, -0.15) is 4.98 Å². The Morgan fingerprint density at radius 1 is 1.04 bits per heavy atom. The van der Waals surface area contributed by atoms with Crippen LogP contribution in [0.15, 0.2) is 59.3 Å². The van der Waals surface area contributed by atoms with Gasteiger partial charge in [-0.1, -0.05) is 6.07 Å². The number of carbonyl (C=O) groups excluding carboxylic acids is 1. The van der Waals surface area contributed by atoms with Crippen molar-refractivity contribution in [1.82, 2.24) is 15.0 Å². The molecule has 4 aromatic rings. The molecule has 0 atom stereocenters. The fourth-order valence-corrected chi connectivity index (χ4v) is 2.91. The number of benzene rings is 1. The van der Waals surface area contributed by atoms with Crippen molar-refractivity contribution in [2.45, 2.75) is 20.3 Å². The molecule has 0 fully saturated rings. The van der Waals surface area contributed by atoms with Gasteiger partial charge < -0.3 is 9.15 Å². The zero-order chi connectivity index (χ0) is 18.8. The molecule has 134 valence electrons. The molecule has 0 saturated heterocycles. The summed E-state index contributed by atoms with van der Waals surface area (Å²) in [6.07, 6.45) is 3.34. The van der Waals surface area contributed by atoms with E-state index < -0.39 is 0 Å². The highest BCUT2D eigenvalue weighted by Gasteiger charge is 2.12. The van der Waals surface area contributed by atoms with Gasteiger partial charge in [0.1, 0.15) is 5.75 Å². The van der Waals surface area contributed by atoms with Crippen LogP contribution in [0, 0.1) is 13.8 Å². The smallest absolute Gasteiger partial charge is 0.317 e. The summed E-state index contributed by atoms with van der Waals surface area (Å²) in [5.41, 5.74) is 4.56. The van der Waals surface area contributed by atoms with Crippen LogP contribution in [0.1, 0.15) is 16.8 Å². The van der Waals surface area contributed by atoms with Crippen LogP contribution in [0.25, 0.3) is 22.7 Å². The van der Waals surface area contributed by atoms with Crippen molar-refractivity contribution < 1.29 is 13.9 Å². The van der Waals surface area contributed by atoms with Crippen LogP contribution in [-0.2, 0) is 11.2 Å². The van der Waals surface area contributed by atoms with E-state index in [0.717, 1.165) is 16.7 Å². The van der Waals surface area contributed by atoms with Gasteiger partial charge in [-0.3, -0.25) is 9.78 Å². The molecule has 0 aliphatic rings. The summed E-state index contributed by atoms with van der Waals surface area (Å²) in [5, 5.41) is 0. The summed E-state index contributed by atoms with van der Waals surface area (Å²) in [6, 6.07) is 12.8. The van der Waals surface area contributed by atoms with Crippen LogP contribution in [0.5, 0.6) is 5.75 Å². The first-order valence-corrected chi connectivity index (χ1v) is 8.53. The molecule has 6 nitrogen and oxygen atoms in total. The van der Waals surface area contributed by atoms with E-state index >= 15 is 0 Å². The lowest BCUT2D eigenvalue weighted by molar-refractivity contribution is -0.133. The van der Waals surface area contributed by atoms with E-state index in [0.29, 0.717) is 28.6 Å². The summed E-state index contributed by atoms with van der Waals surface area (Å²) >= 11 is 0. The maximum atomic E-state index is 12.3. The molecule has 0 spiro atoms. The normalized spacial score (nSPS) is 10.9. The van der Waals surface area contributed by atoms with Crippen LogP contribution < -0.4 is 4.74 Å². The molecule has 6 heteroatoms. The van der Waals surface area contributed by atoms with E-state index in [1.165, 1.54) is 0 Å². The number of carbonyl (C=O) groups is 1. The van der Waals surface area contributed by atoms with Gasteiger partial charge in [-0.25, -0.2) is 4.98 Å². The number of aryl methyl sites for hydroxylation is 2. The number of esters is 1. The van der Waals surface area contributed by atoms with E-state index in [-0.39, 0.29) is 12.4 Å². The van der Waals surface area contributed by atoms with Gasteiger partial charge in [0.25, 0.3) is 0 Å². The van der Waals surface area contributed by atoms with Gasteiger partial charge >= 0.3 is 5.97 Å². The van der Waals surface area contributed by atoms with Crippen LogP contribution in [0.2, 0.25) is 0 Å². The third-order valence-corrected chi connectivity index (χ3v) is 3.98. The molecule has 4 rings (SSSR count). The van der Waals surface area contributed by atoms with Crippen molar-refractivity contribution in [2.24, 2.45) is 0 Å². The first-order valence-electron chi connectivity index (χ1n) is 8.53. The average molecular weight is 359 g/mol. The van der Waals surface area contributed by atoms with E-state index in [1.807, 2.05) is 38.1 Å². The fraction of sp³-hybridized carbons (Fsp3) is 0.143. The highest BCUT2D eigenvalue weighted by molar-refractivity contribution is 5.76. The van der Waals surface area contributed by atoms with Crippen LogP contribution >= 0.6 is 0 Å². The van der Waals surface area contributed by atoms with Crippen molar-refractivity contribution in [3.63, 3.8) is 0 Å². The Hall–Kier alpha value is -3.54. The first-order chi connectivity index (χ1) is 13.1. The van der Waals surface area contributed by atoms with Crippen molar-refractivity contribution in [3.05, 3.63) is 71.7 Å². The highest BCUT2D eigenvalue weighted by Crippen LogP contribution is 2.23. The molecule has 1 aromatic carbocycles. The van der Waals surface area contributed by atoms with Crippen molar-refractivity contribution in [1.29, 1.82) is 0 Å². The van der Waals surface area contributed by atoms with Crippen molar-refractivity contribution in [3.8, 4) is 17.2 Å². The standard InChI is InChI=1S/C21H17N3O3/c1-13-8-14(2)10-17(9-13)26-19(25)12-16-11-15(5-7-22-16)21-24-20-18(27-21)4-3-6-23-20/h3-11H,12H2,1-2H3. The Morgan fingerprint density at radius 2 is 1.85 bits per heavy atom. The number of aromatic nitrogens is 3. The molecule has 27 heavy (non-hydrogen) atoms. The summed E-state index contributed by atoms with van der Waals surface area (Å²) in [7, 11) is 0. The minimum absolute atomic E-state index is 0.0549. The van der Waals surface area contributed by atoms with Crippen LogP contribution in [0.4, 0.5) is 0 Å². The number of nitrogens with zero attached hydrogens (tertiary/aromatic N) is 3. The summed E-state index contributed by atoms with van der Waals surface area (Å²) in [6.45, 7) is 3.93. The zero-order valence-electron chi connectivity index (χ0n) is 15.0. The second-order valence-corrected chi connectivity index (χ2v) is 6.35. The van der Waals surface area contributed by atoms with Crippen molar-refractivity contribution >= 4 is 17.2 Å². The molecule has 0 aliphatic carbocycles. The fourth-order valence-electron chi connectivity index (χ4n) is 2.91. The van der Waals surface area contributed by atoms with Crippen LogP contribution in [0.3, 0.4) is 0 Å². The number of fused-ring (bicyclic) bond motifs is 1. The van der Waals surface area contributed by atoms with Gasteiger partial charge in [0.15, 0.2) is 11.2 Å². The van der Waals surface area contributed by atoms with Gasteiger partial charge in [-0.15, -0.1) is 0 Å². The Kier molecular flexibility index (Phi) is 4.38. The lowest BCUT2D eigenvalue weighted by Crippen LogP contribution is -2.12. The Balaban J connectivity index is 1.52. The Morgan fingerprint density at radius 3 is 2.63 bits per heavy atom. The number of rotatable bonds is 4. The molecule has 0 unspecified atom stereocenters. The second-order valence-electron chi connectivity index (χ2n) is 6.35. The SMILES string of the molecule is Cc1cc(C)cc(OC(=O)Cc2cc(-c3nc4ncccc4o3)ccn2)c1. The molecular formula is C21H17N3O3. The Bertz CT molecular complexity index is 1080. The lowest BCUT2D eigenvalue weighted by Gasteiger charge is -2.07. The van der Waals surface area contributed by atoms with E-state index in [1.54, 1.807) is 30.6 Å². The quantitative estimate of drug-likeness (QED) is 0.404. The number of hydrogen-bond acceptors (Lipinski definition) is 6. The third kappa shape index (κ3) is 3.84. The van der Waals surface area contributed by atoms with Gasteiger partial charge in [-0.05, 0) is 61.4 Å². The lowest BCUT2D eigenvalue weighted by atomic mass is 10.1. The zero-order valence-corrected chi connectivity index (χ0v) is 15.0. The summed E-state index contributed by atoms with van der Waals surface area (Å²) in [4.78, 5) is 25.1. The van der Waals surface area contributed by atoms with Crippen molar-refractivity contribution in [2.75, 3.05) is 0 Å². The maximum Gasteiger partial charge on any atom is 0.317 e. The molecule has 3 aromatic heterocycles. The Labute approximate surface area is 155 Å². The van der Waals surface area contributed by atoms with Gasteiger partial charge in [0.2, 0.25) is 5.89 Å². The molecule has 0 aliphatic heterocycles. The number of ether oxygens (including phenoxy) is 1. The predicted octanol–water partition coefficient (Wildman–Crippen LogP) is 4.05. The monoisotopic (exact) mass is 359 g/mol. The minimum Gasteiger partial charge on any atom is -0.434 e. The summed E-state index contributed by atoms with van der Waals surface area (Å²) < 4.78 is 11.2. The molecule has 0 radical (unpaired) electrons. The average Bonchev–Trinajstić information content (AvgIpc) is 3.05. The highest BCUT2D eigenvalue weighted by atomic mass is 16.5. The van der Waals surface area contributed by atoms with Gasteiger partial charge in [0, 0.05) is 18.0 Å². The van der Waals surface area contributed by atoms with Gasteiger partial charge in [0.05, 0.1) is 12.1 Å². The van der Waals surface area contributed by atoms with E-state index in [2.05, 4.69) is 15.0 Å². The predicted molar refractivity (Wildman–Crippen MR) is 100 cm³/mol. The minimum atomic E-state index is -0.371. The van der Waals surface area contributed by atoms with Crippen LogP contribution in [-0.4, -0.2) is 20.9 Å². The maximum absolute atomic E-state index is 12.3. The van der Waals surface area contributed by atoms with E-state index in [4.69, 9.17) is 9.15 Å². The summed E-state index contributed by atoms with van der Waals surface area (Å²) in [5.74, 6) is 0.609. The molecule has 0 amide bonds. The second kappa shape index (κ2) is 6.99. The topological polar surface area (TPSA) is 78.1 Å².